The molecule has 4 nitrogen and oxygen atoms in total. The Hall–Kier alpha value is -1.00. The van der Waals surface area contributed by atoms with Crippen LogP contribution in [0.4, 0.5) is 0 Å². The Morgan fingerprint density at radius 2 is 1.82 bits per heavy atom. The van der Waals surface area contributed by atoms with Crippen LogP contribution in [0.1, 0.15) is 37.9 Å². The van der Waals surface area contributed by atoms with E-state index in [4.69, 9.17) is 0 Å². The Morgan fingerprint density at radius 3 is 2.41 bits per heavy atom. The number of hydrogen-bond acceptors (Lipinski definition) is 4. The van der Waals surface area contributed by atoms with Crippen LogP contribution in [0, 0.1) is 0 Å². The SMILES string of the molecule is CN1C2CCCC1CC(O)(c1ncccn1)C2. The van der Waals surface area contributed by atoms with Gasteiger partial charge in [-0.25, -0.2) is 9.97 Å². The molecule has 2 unspecified atom stereocenters. The van der Waals surface area contributed by atoms with E-state index in [9.17, 15) is 5.11 Å². The van der Waals surface area contributed by atoms with Crippen molar-refractivity contribution < 1.29 is 5.11 Å². The van der Waals surface area contributed by atoms with Crippen molar-refractivity contribution in [1.82, 2.24) is 14.9 Å². The second-order valence-corrected chi connectivity index (χ2v) is 5.42. The predicted molar refractivity (Wildman–Crippen MR) is 64.4 cm³/mol. The average Bonchev–Trinajstić information content (AvgIpc) is 2.33. The van der Waals surface area contributed by atoms with Crippen LogP contribution in [-0.2, 0) is 5.60 Å². The molecular formula is C13H19N3O. The van der Waals surface area contributed by atoms with Crippen molar-refractivity contribution in [2.75, 3.05) is 7.05 Å². The molecule has 3 rings (SSSR count). The molecule has 2 atom stereocenters. The number of piperidine rings is 2. The van der Waals surface area contributed by atoms with E-state index in [0.717, 1.165) is 12.8 Å². The highest BCUT2D eigenvalue weighted by Gasteiger charge is 2.46. The van der Waals surface area contributed by atoms with E-state index in [0.29, 0.717) is 17.9 Å². The van der Waals surface area contributed by atoms with Gasteiger partial charge in [-0.15, -0.1) is 0 Å². The number of rotatable bonds is 1. The second kappa shape index (κ2) is 4.03. The van der Waals surface area contributed by atoms with Crippen molar-refractivity contribution in [3.8, 4) is 0 Å². The minimum absolute atomic E-state index is 0.483. The van der Waals surface area contributed by atoms with Crippen molar-refractivity contribution in [1.29, 1.82) is 0 Å². The minimum Gasteiger partial charge on any atom is -0.382 e. The topological polar surface area (TPSA) is 49.2 Å². The summed E-state index contributed by atoms with van der Waals surface area (Å²) in [6.07, 6.45) is 8.62. The summed E-state index contributed by atoms with van der Waals surface area (Å²) in [5.74, 6) is 0.602. The molecule has 2 saturated heterocycles. The first kappa shape index (κ1) is 11.1. The van der Waals surface area contributed by atoms with Crippen LogP contribution in [0.3, 0.4) is 0 Å². The van der Waals surface area contributed by atoms with E-state index < -0.39 is 5.60 Å². The predicted octanol–water partition coefficient (Wildman–Crippen LogP) is 1.31. The molecule has 0 aliphatic carbocycles. The van der Waals surface area contributed by atoms with Crippen LogP contribution in [0.25, 0.3) is 0 Å². The van der Waals surface area contributed by atoms with Crippen molar-refractivity contribution in [2.45, 2.75) is 49.8 Å². The van der Waals surface area contributed by atoms with Crippen LogP contribution in [0.2, 0.25) is 0 Å². The lowest BCUT2D eigenvalue weighted by molar-refractivity contribution is -0.0924. The molecule has 0 radical (unpaired) electrons. The zero-order valence-electron chi connectivity index (χ0n) is 10.2. The molecule has 3 heterocycles. The van der Waals surface area contributed by atoms with Gasteiger partial charge in [-0.3, -0.25) is 0 Å². The van der Waals surface area contributed by atoms with E-state index >= 15 is 0 Å². The van der Waals surface area contributed by atoms with Gasteiger partial charge in [0.1, 0.15) is 5.60 Å². The Kier molecular flexibility index (Phi) is 2.64. The molecule has 2 aliphatic heterocycles. The maximum Gasteiger partial charge on any atom is 0.160 e. The van der Waals surface area contributed by atoms with Crippen molar-refractivity contribution in [2.24, 2.45) is 0 Å². The third kappa shape index (κ3) is 1.85. The number of hydrogen-bond donors (Lipinski definition) is 1. The Balaban J connectivity index is 1.90. The fourth-order valence-electron chi connectivity index (χ4n) is 3.37. The Bertz CT molecular complexity index is 381. The van der Waals surface area contributed by atoms with Crippen LogP contribution in [0.15, 0.2) is 18.5 Å². The number of aliphatic hydroxyl groups is 1. The van der Waals surface area contributed by atoms with Gasteiger partial charge in [0.2, 0.25) is 0 Å². The van der Waals surface area contributed by atoms with Gasteiger partial charge in [-0.2, -0.15) is 0 Å². The molecule has 0 spiro atoms. The molecule has 1 N–H and O–H groups in total. The molecule has 2 bridgehead atoms. The minimum atomic E-state index is -0.816. The summed E-state index contributed by atoms with van der Waals surface area (Å²) in [7, 11) is 2.18. The average molecular weight is 233 g/mol. The quantitative estimate of drug-likeness (QED) is 0.794. The molecule has 92 valence electrons. The lowest BCUT2D eigenvalue weighted by Gasteiger charge is -2.49. The smallest absolute Gasteiger partial charge is 0.160 e. The van der Waals surface area contributed by atoms with Gasteiger partial charge < -0.3 is 10.0 Å². The standard InChI is InChI=1S/C13H19N3O/c1-16-10-4-2-5-11(16)9-13(17,8-10)12-14-6-3-7-15-12/h3,6-7,10-11,17H,2,4-5,8-9H2,1H3. The molecule has 1 aromatic rings. The molecule has 4 heteroatoms. The Labute approximate surface area is 102 Å². The van der Waals surface area contributed by atoms with E-state index in [2.05, 4.69) is 21.9 Å². The van der Waals surface area contributed by atoms with Gasteiger partial charge in [0, 0.05) is 24.5 Å². The molecule has 2 aliphatic rings. The van der Waals surface area contributed by atoms with Crippen molar-refractivity contribution in [3.63, 3.8) is 0 Å². The molecule has 2 fully saturated rings. The zero-order valence-corrected chi connectivity index (χ0v) is 10.2. The number of aromatic nitrogens is 2. The summed E-state index contributed by atoms with van der Waals surface area (Å²) >= 11 is 0. The second-order valence-electron chi connectivity index (χ2n) is 5.42. The van der Waals surface area contributed by atoms with Gasteiger partial charge in [-0.05, 0) is 38.8 Å². The highest BCUT2D eigenvalue weighted by atomic mass is 16.3. The normalized spacial score (nSPS) is 38.0. The number of fused-ring (bicyclic) bond motifs is 2. The first-order valence-corrected chi connectivity index (χ1v) is 6.41. The van der Waals surface area contributed by atoms with Crippen LogP contribution >= 0.6 is 0 Å². The zero-order chi connectivity index (χ0) is 11.9. The monoisotopic (exact) mass is 233 g/mol. The summed E-state index contributed by atoms with van der Waals surface area (Å²) in [6, 6.07) is 2.76. The Morgan fingerprint density at radius 1 is 1.24 bits per heavy atom. The van der Waals surface area contributed by atoms with Gasteiger partial charge in [0.25, 0.3) is 0 Å². The maximum absolute atomic E-state index is 10.8. The van der Waals surface area contributed by atoms with Crippen molar-refractivity contribution in [3.05, 3.63) is 24.3 Å². The highest BCUT2D eigenvalue weighted by molar-refractivity contribution is 5.09. The third-order valence-electron chi connectivity index (χ3n) is 4.36. The molecular weight excluding hydrogens is 214 g/mol. The number of nitrogens with zero attached hydrogens (tertiary/aromatic N) is 3. The first-order valence-electron chi connectivity index (χ1n) is 6.41. The molecule has 0 aromatic carbocycles. The highest BCUT2D eigenvalue weighted by Crippen LogP contribution is 2.42. The van der Waals surface area contributed by atoms with Gasteiger partial charge in [0.15, 0.2) is 5.82 Å². The molecule has 17 heavy (non-hydrogen) atoms. The fraction of sp³-hybridized carbons (Fsp3) is 0.692. The van der Waals surface area contributed by atoms with E-state index in [-0.39, 0.29) is 0 Å². The van der Waals surface area contributed by atoms with Crippen molar-refractivity contribution >= 4 is 0 Å². The van der Waals surface area contributed by atoms with Crippen LogP contribution in [0.5, 0.6) is 0 Å². The summed E-state index contributed by atoms with van der Waals surface area (Å²) in [4.78, 5) is 10.9. The first-order chi connectivity index (χ1) is 8.19. The van der Waals surface area contributed by atoms with Gasteiger partial charge in [-0.1, -0.05) is 6.42 Å². The van der Waals surface area contributed by atoms with E-state index in [1.165, 1.54) is 19.3 Å². The lowest BCUT2D eigenvalue weighted by Crippen LogP contribution is -2.55. The summed E-state index contributed by atoms with van der Waals surface area (Å²) in [5.41, 5.74) is -0.816. The van der Waals surface area contributed by atoms with Gasteiger partial charge >= 0.3 is 0 Å². The van der Waals surface area contributed by atoms with E-state index in [1.54, 1.807) is 18.5 Å². The summed E-state index contributed by atoms with van der Waals surface area (Å²) in [5, 5.41) is 10.8. The molecule has 1 aromatic heterocycles. The largest absolute Gasteiger partial charge is 0.382 e. The molecule has 0 saturated carbocycles. The third-order valence-corrected chi connectivity index (χ3v) is 4.36. The maximum atomic E-state index is 10.8. The van der Waals surface area contributed by atoms with Crippen LogP contribution in [-0.4, -0.2) is 39.1 Å². The fourth-order valence-corrected chi connectivity index (χ4v) is 3.37. The van der Waals surface area contributed by atoms with Crippen LogP contribution < -0.4 is 0 Å². The van der Waals surface area contributed by atoms with E-state index in [1.807, 2.05) is 0 Å². The molecule has 0 amide bonds. The summed E-state index contributed by atoms with van der Waals surface area (Å²) < 4.78 is 0. The van der Waals surface area contributed by atoms with Gasteiger partial charge in [0.05, 0.1) is 0 Å². The lowest BCUT2D eigenvalue weighted by atomic mass is 9.75. The summed E-state index contributed by atoms with van der Waals surface area (Å²) in [6.45, 7) is 0.